The normalized spacial score (nSPS) is 19.0. The number of ether oxygens (including phenoxy) is 1. The molecule has 0 aliphatic carbocycles. The Morgan fingerprint density at radius 1 is 1.19 bits per heavy atom. The predicted molar refractivity (Wildman–Crippen MR) is 104 cm³/mol. The standard InChI is InChI=1S/C17H22ClN5O3S/c18-17-19-13-9-12(10-21-1-3-22(4-2-21)14(25)11-24)27-15(13)16(20-17)23-5-7-26-8-6-23/h9,24H,1-8,10-11H2. The summed E-state index contributed by atoms with van der Waals surface area (Å²) in [4.78, 5) is 27.9. The molecule has 0 spiro atoms. The highest BCUT2D eigenvalue weighted by molar-refractivity contribution is 7.19. The van der Waals surface area contributed by atoms with Gasteiger partial charge in [0.05, 0.1) is 23.4 Å². The summed E-state index contributed by atoms with van der Waals surface area (Å²) in [7, 11) is 0. The van der Waals surface area contributed by atoms with Gasteiger partial charge in [0.2, 0.25) is 11.2 Å². The summed E-state index contributed by atoms with van der Waals surface area (Å²) in [6.45, 7) is 6.27. The van der Waals surface area contributed by atoms with Crippen molar-refractivity contribution in [1.82, 2.24) is 19.8 Å². The maximum absolute atomic E-state index is 11.6. The number of piperazine rings is 1. The number of nitrogens with zero attached hydrogens (tertiary/aromatic N) is 5. The molecule has 10 heteroatoms. The van der Waals surface area contributed by atoms with E-state index in [1.165, 1.54) is 4.88 Å². The molecule has 27 heavy (non-hydrogen) atoms. The third-order valence-electron chi connectivity index (χ3n) is 4.93. The van der Waals surface area contributed by atoms with Gasteiger partial charge < -0.3 is 19.6 Å². The third-order valence-corrected chi connectivity index (χ3v) is 6.20. The van der Waals surface area contributed by atoms with E-state index in [1.807, 2.05) is 0 Å². The van der Waals surface area contributed by atoms with E-state index in [0.717, 1.165) is 48.8 Å². The molecule has 2 aliphatic rings. The number of carbonyl (C=O) groups is 1. The van der Waals surface area contributed by atoms with Crippen molar-refractivity contribution in [3.8, 4) is 0 Å². The molecule has 2 fully saturated rings. The first-order chi connectivity index (χ1) is 13.1. The lowest BCUT2D eigenvalue weighted by atomic mass is 10.3. The van der Waals surface area contributed by atoms with Crippen LogP contribution in [0.25, 0.3) is 10.2 Å². The Labute approximate surface area is 166 Å². The van der Waals surface area contributed by atoms with E-state index < -0.39 is 6.61 Å². The van der Waals surface area contributed by atoms with Gasteiger partial charge in [0.15, 0.2) is 5.82 Å². The van der Waals surface area contributed by atoms with Crippen LogP contribution in [0.4, 0.5) is 5.82 Å². The highest BCUT2D eigenvalue weighted by Crippen LogP contribution is 2.34. The fourth-order valence-electron chi connectivity index (χ4n) is 3.48. The number of aliphatic hydroxyl groups excluding tert-OH is 1. The summed E-state index contributed by atoms with van der Waals surface area (Å²) in [5.74, 6) is 0.694. The highest BCUT2D eigenvalue weighted by Gasteiger charge is 2.23. The van der Waals surface area contributed by atoms with E-state index in [0.29, 0.717) is 26.3 Å². The van der Waals surface area contributed by atoms with E-state index in [-0.39, 0.29) is 11.2 Å². The molecule has 8 nitrogen and oxygen atoms in total. The van der Waals surface area contributed by atoms with E-state index in [2.05, 4.69) is 25.8 Å². The van der Waals surface area contributed by atoms with Gasteiger partial charge in [0, 0.05) is 50.7 Å². The van der Waals surface area contributed by atoms with Crippen molar-refractivity contribution in [2.75, 3.05) is 64.0 Å². The zero-order chi connectivity index (χ0) is 18.8. The molecule has 2 aliphatic heterocycles. The van der Waals surface area contributed by atoms with Gasteiger partial charge in [-0.1, -0.05) is 0 Å². The summed E-state index contributed by atoms with van der Waals surface area (Å²) in [6, 6.07) is 2.09. The van der Waals surface area contributed by atoms with Crippen molar-refractivity contribution < 1.29 is 14.6 Å². The molecule has 0 bridgehead atoms. The summed E-state index contributed by atoms with van der Waals surface area (Å²) in [5, 5.41) is 9.25. The van der Waals surface area contributed by atoms with E-state index in [1.54, 1.807) is 16.2 Å². The molecule has 0 radical (unpaired) electrons. The second-order valence-corrected chi connectivity index (χ2v) is 8.13. The number of fused-ring (bicyclic) bond motifs is 1. The lowest BCUT2D eigenvalue weighted by Gasteiger charge is -2.34. The van der Waals surface area contributed by atoms with Gasteiger partial charge in [-0.3, -0.25) is 9.69 Å². The Bertz CT molecular complexity index is 818. The van der Waals surface area contributed by atoms with Crippen molar-refractivity contribution in [2.45, 2.75) is 6.54 Å². The number of hydrogen-bond donors (Lipinski definition) is 1. The molecule has 4 heterocycles. The molecular weight excluding hydrogens is 390 g/mol. The first-order valence-electron chi connectivity index (χ1n) is 9.03. The van der Waals surface area contributed by atoms with Crippen LogP contribution in [0.5, 0.6) is 0 Å². The summed E-state index contributed by atoms with van der Waals surface area (Å²) in [5.41, 5.74) is 0.880. The number of carbonyl (C=O) groups excluding carboxylic acids is 1. The topological polar surface area (TPSA) is 82.0 Å². The molecular formula is C17H22ClN5O3S. The molecule has 0 aromatic carbocycles. The van der Waals surface area contributed by atoms with E-state index in [4.69, 9.17) is 21.4 Å². The minimum absolute atomic E-state index is 0.198. The smallest absolute Gasteiger partial charge is 0.248 e. The number of hydrogen-bond acceptors (Lipinski definition) is 8. The number of halogens is 1. The van der Waals surface area contributed by atoms with Gasteiger partial charge in [-0.25, -0.2) is 4.98 Å². The molecule has 0 unspecified atom stereocenters. The first kappa shape index (κ1) is 18.8. The fourth-order valence-corrected chi connectivity index (χ4v) is 4.81. The zero-order valence-corrected chi connectivity index (χ0v) is 16.5. The molecule has 1 amide bonds. The lowest BCUT2D eigenvalue weighted by molar-refractivity contribution is -0.135. The lowest BCUT2D eigenvalue weighted by Crippen LogP contribution is -2.49. The molecule has 2 aromatic heterocycles. The maximum atomic E-state index is 11.6. The van der Waals surface area contributed by atoms with Crippen LogP contribution in [0, 0.1) is 0 Å². The zero-order valence-electron chi connectivity index (χ0n) is 14.9. The van der Waals surface area contributed by atoms with Crippen LogP contribution < -0.4 is 4.90 Å². The van der Waals surface area contributed by atoms with Crippen LogP contribution in [0.2, 0.25) is 5.28 Å². The highest BCUT2D eigenvalue weighted by atomic mass is 35.5. The second-order valence-electron chi connectivity index (χ2n) is 6.66. The van der Waals surface area contributed by atoms with Crippen LogP contribution in [-0.2, 0) is 16.1 Å². The fraction of sp³-hybridized carbons (Fsp3) is 0.588. The number of aliphatic hydroxyl groups is 1. The molecule has 2 saturated heterocycles. The number of morpholine rings is 1. The van der Waals surface area contributed by atoms with Crippen molar-refractivity contribution >= 4 is 44.9 Å². The summed E-state index contributed by atoms with van der Waals surface area (Å²) < 4.78 is 6.50. The molecule has 1 N–H and O–H groups in total. The van der Waals surface area contributed by atoms with Gasteiger partial charge in [0.1, 0.15) is 6.61 Å². The molecule has 0 atom stereocenters. The monoisotopic (exact) mass is 411 g/mol. The number of anilines is 1. The molecule has 146 valence electrons. The largest absolute Gasteiger partial charge is 0.387 e. The minimum atomic E-state index is -0.417. The van der Waals surface area contributed by atoms with Crippen molar-refractivity contribution in [3.63, 3.8) is 0 Å². The van der Waals surface area contributed by atoms with Gasteiger partial charge >= 0.3 is 0 Å². The Balaban J connectivity index is 1.49. The SMILES string of the molecule is O=C(CO)N1CCN(Cc2cc3nc(Cl)nc(N4CCOCC4)c3s2)CC1. The molecule has 2 aromatic rings. The van der Waals surface area contributed by atoms with E-state index >= 15 is 0 Å². The summed E-state index contributed by atoms with van der Waals surface area (Å²) >= 11 is 7.86. The van der Waals surface area contributed by atoms with Crippen LogP contribution in [0.15, 0.2) is 6.07 Å². The number of amides is 1. The molecule has 4 rings (SSSR count). The average Bonchev–Trinajstić information content (AvgIpc) is 3.10. The molecule has 0 saturated carbocycles. The van der Waals surface area contributed by atoms with Crippen LogP contribution >= 0.6 is 22.9 Å². The number of thiophene rings is 1. The quantitative estimate of drug-likeness (QED) is 0.746. The Hall–Kier alpha value is -1.52. The van der Waals surface area contributed by atoms with Gasteiger partial charge in [-0.05, 0) is 17.7 Å². The van der Waals surface area contributed by atoms with Gasteiger partial charge in [-0.15, -0.1) is 11.3 Å². The Morgan fingerprint density at radius 2 is 1.93 bits per heavy atom. The van der Waals surface area contributed by atoms with Crippen LogP contribution in [0.1, 0.15) is 4.88 Å². The van der Waals surface area contributed by atoms with Crippen molar-refractivity contribution in [2.24, 2.45) is 0 Å². The Morgan fingerprint density at radius 3 is 2.63 bits per heavy atom. The van der Waals surface area contributed by atoms with Gasteiger partial charge in [-0.2, -0.15) is 4.98 Å². The predicted octanol–water partition coefficient (Wildman–Crippen LogP) is 0.818. The van der Waals surface area contributed by atoms with Crippen LogP contribution in [-0.4, -0.2) is 89.9 Å². The number of aromatic nitrogens is 2. The van der Waals surface area contributed by atoms with Crippen molar-refractivity contribution in [1.29, 1.82) is 0 Å². The third kappa shape index (κ3) is 4.17. The maximum Gasteiger partial charge on any atom is 0.248 e. The minimum Gasteiger partial charge on any atom is -0.387 e. The first-order valence-corrected chi connectivity index (χ1v) is 10.2. The Kier molecular flexibility index (Phi) is 5.74. The average molecular weight is 412 g/mol. The number of rotatable bonds is 4. The van der Waals surface area contributed by atoms with Gasteiger partial charge in [0.25, 0.3) is 0 Å². The second kappa shape index (κ2) is 8.24. The van der Waals surface area contributed by atoms with Crippen molar-refractivity contribution in [3.05, 3.63) is 16.2 Å². The summed E-state index contributed by atoms with van der Waals surface area (Å²) in [6.07, 6.45) is 0. The van der Waals surface area contributed by atoms with E-state index in [9.17, 15) is 4.79 Å². The van der Waals surface area contributed by atoms with Crippen LogP contribution in [0.3, 0.4) is 0 Å².